The van der Waals surface area contributed by atoms with Crippen molar-refractivity contribution in [2.24, 2.45) is 5.92 Å². The lowest BCUT2D eigenvalue weighted by molar-refractivity contribution is -0.137. The van der Waals surface area contributed by atoms with E-state index in [1.54, 1.807) is 0 Å². The molecule has 2 atom stereocenters. The Hall–Kier alpha value is -0.620. The predicted molar refractivity (Wildman–Crippen MR) is 56.3 cm³/mol. The normalized spacial score (nSPS) is 27.0. The number of alkyl halides is 3. The second-order valence-corrected chi connectivity index (χ2v) is 5.26. The van der Waals surface area contributed by atoms with Crippen LogP contribution in [0.25, 0.3) is 0 Å². The van der Waals surface area contributed by atoms with Crippen molar-refractivity contribution in [1.29, 1.82) is 0 Å². The molecule has 0 aliphatic carbocycles. The zero-order valence-corrected chi connectivity index (χ0v) is 9.66. The summed E-state index contributed by atoms with van der Waals surface area (Å²) in [6.45, 7) is 2.99. The molecule has 0 amide bonds. The van der Waals surface area contributed by atoms with Gasteiger partial charge in [0.2, 0.25) is 0 Å². The van der Waals surface area contributed by atoms with Gasteiger partial charge in [0.05, 0.1) is 0 Å². The zero-order chi connectivity index (χ0) is 11.8. The summed E-state index contributed by atoms with van der Waals surface area (Å²) in [5.41, 5.74) is 0. The van der Waals surface area contributed by atoms with E-state index < -0.39 is 11.2 Å². The SMILES string of the molecule is CC1CCNC(c2cnc(C(F)(F)F)s2)C1. The zero-order valence-electron chi connectivity index (χ0n) is 8.84. The summed E-state index contributed by atoms with van der Waals surface area (Å²) in [4.78, 5) is 4.13. The molecule has 6 heteroatoms. The first-order valence-electron chi connectivity index (χ1n) is 5.23. The molecule has 1 aromatic rings. The summed E-state index contributed by atoms with van der Waals surface area (Å²) >= 11 is 0.750. The van der Waals surface area contributed by atoms with Crippen molar-refractivity contribution in [3.63, 3.8) is 0 Å². The number of piperidine rings is 1. The molecule has 2 rings (SSSR count). The van der Waals surface area contributed by atoms with E-state index in [1.165, 1.54) is 6.20 Å². The van der Waals surface area contributed by atoms with Crippen LogP contribution in [-0.4, -0.2) is 11.5 Å². The van der Waals surface area contributed by atoms with Gasteiger partial charge in [0.15, 0.2) is 5.01 Å². The van der Waals surface area contributed by atoms with Crippen molar-refractivity contribution in [2.45, 2.75) is 32.0 Å². The molecule has 1 N–H and O–H groups in total. The largest absolute Gasteiger partial charge is 0.443 e. The standard InChI is InChI=1S/C10H13F3N2S/c1-6-2-3-14-7(4-6)8-5-15-9(16-8)10(11,12)13/h5-7,14H,2-4H2,1H3. The molecular formula is C10H13F3N2S. The van der Waals surface area contributed by atoms with Gasteiger partial charge in [-0.05, 0) is 25.3 Å². The van der Waals surface area contributed by atoms with Crippen molar-refractivity contribution < 1.29 is 13.2 Å². The predicted octanol–water partition coefficient (Wildman–Crippen LogP) is 3.22. The maximum absolute atomic E-state index is 12.4. The Morgan fingerprint density at radius 3 is 2.81 bits per heavy atom. The molecule has 0 aromatic carbocycles. The molecule has 2 unspecified atom stereocenters. The van der Waals surface area contributed by atoms with E-state index >= 15 is 0 Å². The number of nitrogens with one attached hydrogen (secondary N) is 1. The van der Waals surface area contributed by atoms with E-state index in [-0.39, 0.29) is 6.04 Å². The van der Waals surface area contributed by atoms with E-state index in [9.17, 15) is 13.2 Å². The molecule has 0 spiro atoms. The molecule has 1 aliphatic heterocycles. The first kappa shape index (κ1) is 11.9. The summed E-state index contributed by atoms with van der Waals surface area (Å²) in [5, 5.41) is 2.49. The van der Waals surface area contributed by atoms with E-state index in [2.05, 4.69) is 17.2 Å². The summed E-state index contributed by atoms with van der Waals surface area (Å²) in [6, 6.07) is 0.0392. The average Bonchev–Trinajstić information content (AvgIpc) is 2.65. The van der Waals surface area contributed by atoms with Crippen molar-refractivity contribution >= 4 is 11.3 Å². The second kappa shape index (κ2) is 4.33. The Balaban J connectivity index is 2.12. The van der Waals surface area contributed by atoms with Crippen LogP contribution < -0.4 is 5.32 Å². The minimum atomic E-state index is -4.32. The lowest BCUT2D eigenvalue weighted by Crippen LogP contribution is -2.30. The second-order valence-electron chi connectivity index (χ2n) is 4.20. The summed E-state index contributed by atoms with van der Waals surface area (Å²) < 4.78 is 37.1. The van der Waals surface area contributed by atoms with E-state index in [0.717, 1.165) is 30.7 Å². The number of thiazole rings is 1. The van der Waals surface area contributed by atoms with Gasteiger partial charge in [-0.25, -0.2) is 4.98 Å². The van der Waals surface area contributed by atoms with Crippen LogP contribution in [0.4, 0.5) is 13.2 Å². The van der Waals surface area contributed by atoms with Crippen LogP contribution in [0.5, 0.6) is 0 Å². The van der Waals surface area contributed by atoms with Crippen LogP contribution in [0, 0.1) is 5.92 Å². The van der Waals surface area contributed by atoms with Gasteiger partial charge in [-0.2, -0.15) is 13.2 Å². The van der Waals surface area contributed by atoms with Crippen molar-refractivity contribution in [2.75, 3.05) is 6.54 Å². The summed E-state index contributed by atoms with van der Waals surface area (Å²) in [6.07, 6.45) is -0.993. The number of nitrogens with zero attached hydrogens (tertiary/aromatic N) is 1. The summed E-state index contributed by atoms with van der Waals surface area (Å²) in [7, 11) is 0. The molecule has 0 radical (unpaired) electrons. The van der Waals surface area contributed by atoms with Gasteiger partial charge in [0.25, 0.3) is 0 Å². The van der Waals surface area contributed by atoms with E-state index in [4.69, 9.17) is 0 Å². The lowest BCUT2D eigenvalue weighted by Gasteiger charge is -2.27. The average molecular weight is 250 g/mol. The van der Waals surface area contributed by atoms with Gasteiger partial charge in [-0.15, -0.1) is 11.3 Å². The monoisotopic (exact) mass is 250 g/mol. The van der Waals surface area contributed by atoms with Crippen LogP contribution >= 0.6 is 11.3 Å². The molecular weight excluding hydrogens is 237 g/mol. The molecule has 2 heterocycles. The van der Waals surface area contributed by atoms with Crippen LogP contribution in [0.2, 0.25) is 0 Å². The van der Waals surface area contributed by atoms with Gasteiger partial charge >= 0.3 is 6.18 Å². The highest BCUT2D eigenvalue weighted by atomic mass is 32.1. The molecule has 1 aliphatic rings. The molecule has 0 saturated carbocycles. The van der Waals surface area contributed by atoms with Crippen molar-refractivity contribution in [3.8, 4) is 0 Å². The van der Waals surface area contributed by atoms with Crippen LogP contribution in [-0.2, 0) is 6.18 Å². The van der Waals surface area contributed by atoms with Gasteiger partial charge in [-0.3, -0.25) is 0 Å². The number of rotatable bonds is 1. The van der Waals surface area contributed by atoms with Gasteiger partial charge in [0.1, 0.15) is 0 Å². The number of halogens is 3. The highest BCUT2D eigenvalue weighted by molar-refractivity contribution is 7.11. The van der Waals surface area contributed by atoms with Crippen LogP contribution in [0.15, 0.2) is 6.20 Å². The Morgan fingerprint density at radius 1 is 1.50 bits per heavy atom. The summed E-state index contributed by atoms with van der Waals surface area (Å²) in [5.74, 6) is 0.558. The highest BCUT2D eigenvalue weighted by Gasteiger charge is 2.35. The molecule has 1 aromatic heterocycles. The fourth-order valence-electron chi connectivity index (χ4n) is 1.90. The first-order chi connectivity index (χ1) is 7.47. The maximum Gasteiger partial charge on any atom is 0.443 e. The number of hydrogen-bond acceptors (Lipinski definition) is 3. The lowest BCUT2D eigenvalue weighted by atomic mass is 9.94. The maximum atomic E-state index is 12.4. The van der Waals surface area contributed by atoms with E-state index in [1.807, 2.05) is 0 Å². The van der Waals surface area contributed by atoms with Crippen LogP contribution in [0.1, 0.15) is 35.7 Å². The number of aromatic nitrogens is 1. The third-order valence-corrected chi connectivity index (χ3v) is 3.93. The molecule has 2 nitrogen and oxygen atoms in total. The van der Waals surface area contributed by atoms with Gasteiger partial charge < -0.3 is 5.32 Å². The Morgan fingerprint density at radius 2 is 2.25 bits per heavy atom. The fraction of sp³-hybridized carbons (Fsp3) is 0.700. The van der Waals surface area contributed by atoms with Crippen LogP contribution in [0.3, 0.4) is 0 Å². The van der Waals surface area contributed by atoms with Crippen molar-refractivity contribution in [3.05, 3.63) is 16.1 Å². The Bertz CT molecular complexity index is 361. The first-order valence-corrected chi connectivity index (χ1v) is 6.05. The third-order valence-electron chi connectivity index (χ3n) is 2.78. The molecule has 90 valence electrons. The molecule has 0 bridgehead atoms. The van der Waals surface area contributed by atoms with Crippen molar-refractivity contribution in [1.82, 2.24) is 10.3 Å². The Labute approximate surface area is 95.9 Å². The molecule has 1 fully saturated rings. The minimum absolute atomic E-state index is 0.0392. The van der Waals surface area contributed by atoms with Gasteiger partial charge in [-0.1, -0.05) is 6.92 Å². The molecule has 16 heavy (non-hydrogen) atoms. The highest BCUT2D eigenvalue weighted by Crippen LogP contribution is 2.36. The van der Waals surface area contributed by atoms with Gasteiger partial charge in [0, 0.05) is 17.1 Å². The Kier molecular flexibility index (Phi) is 3.21. The quantitative estimate of drug-likeness (QED) is 0.827. The topological polar surface area (TPSA) is 24.9 Å². The third kappa shape index (κ3) is 2.55. The van der Waals surface area contributed by atoms with E-state index in [0.29, 0.717) is 10.8 Å². The smallest absolute Gasteiger partial charge is 0.309 e. The fourth-order valence-corrected chi connectivity index (χ4v) is 2.77. The minimum Gasteiger partial charge on any atom is -0.309 e. The molecule has 1 saturated heterocycles. The number of hydrogen-bond donors (Lipinski definition) is 1.